The van der Waals surface area contributed by atoms with Crippen LogP contribution in [0.4, 0.5) is 5.69 Å². The highest BCUT2D eigenvalue weighted by molar-refractivity contribution is 9.10. The van der Waals surface area contributed by atoms with Crippen LogP contribution in [0, 0.1) is 5.92 Å². The van der Waals surface area contributed by atoms with E-state index in [1.165, 1.54) is 0 Å². The van der Waals surface area contributed by atoms with E-state index in [1.807, 2.05) is 25.1 Å². The van der Waals surface area contributed by atoms with Gasteiger partial charge in [-0.1, -0.05) is 18.5 Å². The van der Waals surface area contributed by atoms with Gasteiger partial charge in [-0.15, -0.1) is 0 Å². The van der Waals surface area contributed by atoms with Gasteiger partial charge >= 0.3 is 0 Å². The molecule has 2 nitrogen and oxygen atoms in total. The molecule has 1 atom stereocenters. The second-order valence-electron chi connectivity index (χ2n) is 3.30. The van der Waals surface area contributed by atoms with Crippen LogP contribution >= 0.6 is 27.5 Å². The Balaban J connectivity index is 2.55. The fraction of sp³-hybridized carbons (Fsp3) is 0.400. The van der Waals surface area contributed by atoms with E-state index in [0.29, 0.717) is 5.02 Å². The van der Waals surface area contributed by atoms with Crippen molar-refractivity contribution >= 4 is 33.2 Å². The molecule has 0 aliphatic heterocycles. The summed E-state index contributed by atoms with van der Waals surface area (Å²) in [7, 11) is 0. The van der Waals surface area contributed by atoms with Crippen LogP contribution in [-0.4, -0.2) is 18.3 Å². The van der Waals surface area contributed by atoms with Crippen LogP contribution in [0.5, 0.6) is 0 Å². The van der Waals surface area contributed by atoms with Gasteiger partial charge < -0.3 is 10.4 Å². The lowest BCUT2D eigenvalue weighted by atomic mass is 10.2. The third-order valence-corrected chi connectivity index (χ3v) is 3.12. The van der Waals surface area contributed by atoms with Crippen molar-refractivity contribution in [2.24, 2.45) is 5.92 Å². The van der Waals surface area contributed by atoms with Gasteiger partial charge in [0, 0.05) is 23.3 Å². The quantitative estimate of drug-likeness (QED) is 0.887. The molecule has 1 rings (SSSR count). The highest BCUT2D eigenvalue weighted by Gasteiger charge is 2.01. The molecular formula is C10H13BrClNO. The molecule has 1 aromatic rings. The zero-order valence-electron chi connectivity index (χ0n) is 7.93. The van der Waals surface area contributed by atoms with Gasteiger partial charge in [0.05, 0.1) is 5.02 Å². The maximum absolute atomic E-state index is 8.84. The summed E-state index contributed by atoms with van der Waals surface area (Å²) in [5.41, 5.74) is 0.971. The summed E-state index contributed by atoms with van der Waals surface area (Å²) < 4.78 is 0.889. The fourth-order valence-corrected chi connectivity index (χ4v) is 1.39. The van der Waals surface area contributed by atoms with Gasteiger partial charge in [0.25, 0.3) is 0 Å². The van der Waals surface area contributed by atoms with Crippen LogP contribution in [0.2, 0.25) is 5.02 Å². The zero-order valence-corrected chi connectivity index (χ0v) is 10.3. The topological polar surface area (TPSA) is 32.3 Å². The minimum atomic E-state index is 0.192. The molecule has 0 saturated heterocycles. The fourth-order valence-electron chi connectivity index (χ4n) is 0.963. The Morgan fingerprint density at radius 3 is 2.86 bits per heavy atom. The predicted molar refractivity (Wildman–Crippen MR) is 63.9 cm³/mol. The molecule has 0 bridgehead atoms. The van der Waals surface area contributed by atoms with Gasteiger partial charge in [0.15, 0.2) is 0 Å². The molecule has 78 valence electrons. The highest BCUT2D eigenvalue weighted by atomic mass is 79.9. The number of aliphatic hydroxyl groups excluding tert-OH is 1. The summed E-state index contributed by atoms with van der Waals surface area (Å²) in [6, 6.07) is 5.70. The average Bonchev–Trinajstić information content (AvgIpc) is 2.19. The minimum Gasteiger partial charge on any atom is -0.396 e. The minimum absolute atomic E-state index is 0.192. The number of rotatable bonds is 4. The Morgan fingerprint density at radius 1 is 1.57 bits per heavy atom. The second kappa shape index (κ2) is 5.59. The van der Waals surface area contributed by atoms with E-state index in [2.05, 4.69) is 21.2 Å². The van der Waals surface area contributed by atoms with Crippen LogP contribution in [0.1, 0.15) is 6.92 Å². The molecule has 4 heteroatoms. The normalized spacial score (nSPS) is 12.6. The van der Waals surface area contributed by atoms with E-state index >= 15 is 0 Å². The second-order valence-corrected chi connectivity index (χ2v) is 4.56. The first-order valence-corrected chi connectivity index (χ1v) is 5.60. The summed E-state index contributed by atoms with van der Waals surface area (Å²) in [4.78, 5) is 0. The lowest BCUT2D eigenvalue weighted by molar-refractivity contribution is 0.244. The number of anilines is 1. The smallest absolute Gasteiger partial charge is 0.0568 e. The molecule has 14 heavy (non-hydrogen) atoms. The third kappa shape index (κ3) is 3.48. The van der Waals surface area contributed by atoms with E-state index in [0.717, 1.165) is 16.7 Å². The van der Waals surface area contributed by atoms with E-state index in [-0.39, 0.29) is 12.5 Å². The van der Waals surface area contributed by atoms with Crippen LogP contribution in [-0.2, 0) is 0 Å². The Labute approximate surface area is 97.4 Å². The lowest BCUT2D eigenvalue weighted by Crippen LogP contribution is -2.14. The van der Waals surface area contributed by atoms with Crippen molar-refractivity contribution in [2.75, 3.05) is 18.5 Å². The molecule has 0 spiro atoms. The maximum Gasteiger partial charge on any atom is 0.0568 e. The summed E-state index contributed by atoms with van der Waals surface area (Å²) in [6.45, 7) is 2.92. The predicted octanol–water partition coefficient (Wildman–Crippen LogP) is 3.14. The Morgan fingerprint density at radius 2 is 2.29 bits per heavy atom. The van der Waals surface area contributed by atoms with Crippen LogP contribution < -0.4 is 5.32 Å². The van der Waals surface area contributed by atoms with E-state index in [4.69, 9.17) is 16.7 Å². The molecule has 0 radical (unpaired) electrons. The molecule has 0 heterocycles. The first-order valence-electron chi connectivity index (χ1n) is 4.43. The molecule has 0 saturated carbocycles. The first kappa shape index (κ1) is 11.8. The van der Waals surface area contributed by atoms with Crippen molar-refractivity contribution in [1.29, 1.82) is 0 Å². The standard InChI is InChI=1S/C10H13BrClNO/c1-7(6-14)5-13-8-2-3-9(11)10(12)4-8/h2-4,7,13-14H,5-6H2,1H3. The Hall–Kier alpha value is -0.250. The van der Waals surface area contributed by atoms with Crippen LogP contribution in [0.3, 0.4) is 0 Å². The van der Waals surface area contributed by atoms with Crippen molar-refractivity contribution in [3.63, 3.8) is 0 Å². The molecular weight excluding hydrogens is 265 g/mol. The van der Waals surface area contributed by atoms with Crippen LogP contribution in [0.15, 0.2) is 22.7 Å². The molecule has 0 aromatic heterocycles. The van der Waals surface area contributed by atoms with Crippen molar-refractivity contribution in [3.05, 3.63) is 27.7 Å². The Bertz CT molecular complexity index is 306. The van der Waals surface area contributed by atoms with Gasteiger partial charge in [-0.25, -0.2) is 0 Å². The summed E-state index contributed by atoms with van der Waals surface area (Å²) in [5.74, 6) is 0.248. The number of hydrogen-bond acceptors (Lipinski definition) is 2. The number of benzene rings is 1. The first-order chi connectivity index (χ1) is 6.63. The van der Waals surface area contributed by atoms with E-state index in [1.54, 1.807) is 0 Å². The monoisotopic (exact) mass is 277 g/mol. The third-order valence-electron chi connectivity index (χ3n) is 1.89. The summed E-state index contributed by atoms with van der Waals surface area (Å²) in [6.07, 6.45) is 0. The molecule has 1 aromatic carbocycles. The maximum atomic E-state index is 8.84. The van der Waals surface area contributed by atoms with Gasteiger partial charge in [-0.05, 0) is 40.0 Å². The van der Waals surface area contributed by atoms with E-state index < -0.39 is 0 Å². The number of halogens is 2. The van der Waals surface area contributed by atoms with Gasteiger partial charge in [-0.2, -0.15) is 0 Å². The SMILES string of the molecule is CC(CO)CNc1ccc(Br)c(Cl)c1. The van der Waals surface area contributed by atoms with Crippen LogP contribution in [0.25, 0.3) is 0 Å². The van der Waals surface area contributed by atoms with Gasteiger partial charge in [0.2, 0.25) is 0 Å². The van der Waals surface area contributed by atoms with Gasteiger partial charge in [-0.3, -0.25) is 0 Å². The van der Waals surface area contributed by atoms with Crippen molar-refractivity contribution in [1.82, 2.24) is 0 Å². The molecule has 0 aliphatic rings. The summed E-state index contributed by atoms with van der Waals surface area (Å²) >= 11 is 9.25. The molecule has 0 aliphatic carbocycles. The summed E-state index contributed by atoms with van der Waals surface area (Å²) in [5, 5.41) is 12.7. The molecule has 1 unspecified atom stereocenters. The highest BCUT2D eigenvalue weighted by Crippen LogP contribution is 2.25. The number of aliphatic hydroxyl groups is 1. The van der Waals surface area contributed by atoms with Crippen molar-refractivity contribution in [2.45, 2.75) is 6.92 Å². The Kier molecular flexibility index (Phi) is 4.72. The van der Waals surface area contributed by atoms with Crippen molar-refractivity contribution in [3.8, 4) is 0 Å². The van der Waals surface area contributed by atoms with Crippen molar-refractivity contribution < 1.29 is 5.11 Å². The van der Waals surface area contributed by atoms with E-state index in [9.17, 15) is 0 Å². The number of nitrogens with one attached hydrogen (secondary N) is 1. The lowest BCUT2D eigenvalue weighted by Gasteiger charge is -2.11. The number of hydrogen-bond donors (Lipinski definition) is 2. The molecule has 0 fully saturated rings. The zero-order chi connectivity index (χ0) is 10.6. The molecule has 2 N–H and O–H groups in total. The molecule has 0 amide bonds. The van der Waals surface area contributed by atoms with Gasteiger partial charge in [0.1, 0.15) is 0 Å². The largest absolute Gasteiger partial charge is 0.396 e. The average molecular weight is 279 g/mol.